The molecule has 11 heavy (non-hydrogen) atoms. The quantitative estimate of drug-likeness (QED) is 0.520. The van der Waals surface area contributed by atoms with Gasteiger partial charge in [0.25, 0.3) is 0 Å². The van der Waals surface area contributed by atoms with Crippen molar-refractivity contribution in [3.63, 3.8) is 0 Å². The Kier molecular flexibility index (Phi) is 1.94. The van der Waals surface area contributed by atoms with Gasteiger partial charge in [-0.2, -0.15) is 0 Å². The van der Waals surface area contributed by atoms with Gasteiger partial charge in [-0.25, -0.2) is 4.79 Å². The number of amides is 1. The van der Waals surface area contributed by atoms with Crippen LogP contribution >= 0.6 is 0 Å². The summed E-state index contributed by atoms with van der Waals surface area (Å²) in [5, 5.41) is 10.8. The molecule has 0 radical (unpaired) electrons. The number of aliphatic carboxylic acids is 1. The summed E-state index contributed by atoms with van der Waals surface area (Å²) in [6.07, 6.45) is 0.919. The van der Waals surface area contributed by atoms with E-state index in [1.54, 1.807) is 0 Å². The molecule has 2 N–H and O–H groups in total. The van der Waals surface area contributed by atoms with E-state index >= 15 is 0 Å². The maximum Gasteiger partial charge on any atom is 0.326 e. The van der Waals surface area contributed by atoms with Crippen molar-refractivity contribution in [1.29, 1.82) is 0 Å². The molecule has 1 unspecified atom stereocenters. The monoisotopic (exact) mass is 155 g/mol. The van der Waals surface area contributed by atoms with Crippen LogP contribution < -0.4 is 5.32 Å². The van der Waals surface area contributed by atoms with E-state index in [9.17, 15) is 9.59 Å². The average molecular weight is 155 g/mol. The van der Waals surface area contributed by atoms with Crippen LogP contribution in [0.4, 0.5) is 0 Å². The number of hydrogen-bond acceptors (Lipinski definition) is 2. The van der Waals surface area contributed by atoms with E-state index in [-0.39, 0.29) is 5.91 Å². The number of rotatable bonds is 1. The van der Waals surface area contributed by atoms with Crippen molar-refractivity contribution in [2.24, 2.45) is 0 Å². The molecule has 4 heteroatoms. The highest BCUT2D eigenvalue weighted by atomic mass is 16.4. The van der Waals surface area contributed by atoms with Gasteiger partial charge >= 0.3 is 5.97 Å². The van der Waals surface area contributed by atoms with Crippen molar-refractivity contribution in [2.45, 2.75) is 18.9 Å². The van der Waals surface area contributed by atoms with Crippen molar-refractivity contribution in [1.82, 2.24) is 5.32 Å². The van der Waals surface area contributed by atoms with Gasteiger partial charge in [0.1, 0.15) is 6.04 Å². The molecule has 1 fully saturated rings. The minimum absolute atomic E-state index is 0.344. The molecule has 1 heterocycles. The average Bonchev–Trinajstić information content (AvgIpc) is 1.94. The van der Waals surface area contributed by atoms with Gasteiger partial charge in [0.2, 0.25) is 5.91 Å². The molecule has 0 spiro atoms. The van der Waals surface area contributed by atoms with Gasteiger partial charge in [0.05, 0.1) is 0 Å². The SMILES string of the molecule is C=C1CCC(C(=O)O)NC1=O. The molecule has 60 valence electrons. The van der Waals surface area contributed by atoms with Gasteiger partial charge in [0, 0.05) is 5.57 Å². The lowest BCUT2D eigenvalue weighted by Gasteiger charge is -2.20. The third-order valence-corrected chi connectivity index (χ3v) is 1.66. The molecular weight excluding hydrogens is 146 g/mol. The lowest BCUT2D eigenvalue weighted by atomic mass is 10.0. The number of piperidine rings is 1. The number of carboxylic acid groups (broad SMARTS) is 1. The molecule has 0 aromatic rings. The Morgan fingerprint density at radius 2 is 2.36 bits per heavy atom. The number of carbonyl (C=O) groups excluding carboxylic acids is 1. The number of nitrogens with one attached hydrogen (secondary N) is 1. The van der Waals surface area contributed by atoms with E-state index in [0.717, 1.165) is 0 Å². The summed E-state index contributed by atoms with van der Waals surface area (Å²) in [6, 6.07) is -0.729. The molecule has 0 saturated carbocycles. The summed E-state index contributed by atoms with van der Waals surface area (Å²) in [5.74, 6) is -1.32. The Labute approximate surface area is 63.9 Å². The van der Waals surface area contributed by atoms with Crippen LogP contribution in [0, 0.1) is 0 Å². The minimum atomic E-state index is -0.981. The smallest absolute Gasteiger partial charge is 0.326 e. The maximum atomic E-state index is 10.8. The highest BCUT2D eigenvalue weighted by Gasteiger charge is 2.25. The molecular formula is C7H9NO3. The van der Waals surface area contributed by atoms with Crippen LogP contribution in [0.25, 0.3) is 0 Å². The number of hydrogen-bond donors (Lipinski definition) is 2. The van der Waals surface area contributed by atoms with Gasteiger partial charge in [-0.15, -0.1) is 0 Å². The van der Waals surface area contributed by atoms with Crippen LogP contribution in [-0.2, 0) is 9.59 Å². The summed E-state index contributed by atoms with van der Waals surface area (Å²) in [7, 11) is 0. The van der Waals surface area contributed by atoms with Crippen molar-refractivity contribution in [3.8, 4) is 0 Å². The normalized spacial score (nSPS) is 24.5. The van der Waals surface area contributed by atoms with Crippen molar-refractivity contribution < 1.29 is 14.7 Å². The second-order valence-corrected chi connectivity index (χ2v) is 2.51. The summed E-state index contributed by atoms with van der Waals surface area (Å²) < 4.78 is 0. The first kappa shape index (κ1) is 7.78. The third-order valence-electron chi connectivity index (χ3n) is 1.66. The first-order valence-corrected chi connectivity index (χ1v) is 3.32. The minimum Gasteiger partial charge on any atom is -0.480 e. The molecule has 1 atom stereocenters. The fourth-order valence-corrected chi connectivity index (χ4v) is 0.950. The van der Waals surface area contributed by atoms with E-state index < -0.39 is 12.0 Å². The first-order chi connectivity index (χ1) is 5.11. The lowest BCUT2D eigenvalue weighted by Crippen LogP contribution is -2.44. The molecule has 4 nitrogen and oxygen atoms in total. The molecule has 0 aromatic carbocycles. The van der Waals surface area contributed by atoms with Crippen LogP contribution in [0.5, 0.6) is 0 Å². The molecule has 1 saturated heterocycles. The summed E-state index contributed by atoms with van der Waals surface area (Å²) in [4.78, 5) is 21.2. The van der Waals surface area contributed by atoms with Crippen LogP contribution in [0.1, 0.15) is 12.8 Å². The zero-order valence-electron chi connectivity index (χ0n) is 5.96. The van der Waals surface area contributed by atoms with Crippen LogP contribution in [0.3, 0.4) is 0 Å². The van der Waals surface area contributed by atoms with Crippen molar-refractivity contribution in [3.05, 3.63) is 12.2 Å². The van der Waals surface area contributed by atoms with E-state index in [1.807, 2.05) is 0 Å². The van der Waals surface area contributed by atoms with Gasteiger partial charge in [0.15, 0.2) is 0 Å². The second-order valence-electron chi connectivity index (χ2n) is 2.51. The van der Waals surface area contributed by atoms with Crippen molar-refractivity contribution in [2.75, 3.05) is 0 Å². The zero-order chi connectivity index (χ0) is 8.43. The van der Waals surface area contributed by atoms with Crippen LogP contribution in [0.15, 0.2) is 12.2 Å². The van der Waals surface area contributed by atoms with Gasteiger partial charge in [-0.3, -0.25) is 4.79 Å². The Hall–Kier alpha value is -1.32. The van der Waals surface area contributed by atoms with Gasteiger partial charge in [-0.1, -0.05) is 6.58 Å². The number of carboxylic acids is 1. The lowest BCUT2D eigenvalue weighted by molar-refractivity contribution is -0.142. The standard InChI is InChI=1S/C7H9NO3/c1-4-2-3-5(7(10)11)8-6(4)9/h5H,1-3H2,(H,8,9)(H,10,11). The Bertz CT molecular complexity index is 222. The molecule has 0 aliphatic carbocycles. The number of carbonyl (C=O) groups is 2. The predicted octanol–water partition coefficient (Wildman–Crippen LogP) is -0.0942. The predicted molar refractivity (Wildman–Crippen MR) is 37.9 cm³/mol. The van der Waals surface area contributed by atoms with Crippen LogP contribution in [0.2, 0.25) is 0 Å². The largest absolute Gasteiger partial charge is 0.480 e. The third kappa shape index (κ3) is 1.58. The summed E-state index contributed by atoms with van der Waals surface area (Å²) in [6.45, 7) is 3.48. The highest BCUT2D eigenvalue weighted by Crippen LogP contribution is 2.12. The maximum absolute atomic E-state index is 10.8. The molecule has 1 amide bonds. The molecule has 0 aromatic heterocycles. The molecule has 0 bridgehead atoms. The molecule has 1 aliphatic heterocycles. The topological polar surface area (TPSA) is 66.4 Å². The van der Waals surface area contributed by atoms with Crippen LogP contribution in [-0.4, -0.2) is 23.0 Å². The molecule has 1 rings (SSSR count). The molecule has 1 aliphatic rings. The Morgan fingerprint density at radius 3 is 2.82 bits per heavy atom. The van der Waals surface area contributed by atoms with E-state index in [1.165, 1.54) is 0 Å². The van der Waals surface area contributed by atoms with Crippen molar-refractivity contribution >= 4 is 11.9 Å². The van der Waals surface area contributed by atoms with E-state index in [0.29, 0.717) is 18.4 Å². The Morgan fingerprint density at radius 1 is 1.73 bits per heavy atom. The van der Waals surface area contributed by atoms with Gasteiger partial charge < -0.3 is 10.4 Å². The zero-order valence-corrected chi connectivity index (χ0v) is 5.96. The van der Waals surface area contributed by atoms with E-state index in [4.69, 9.17) is 5.11 Å². The fourth-order valence-electron chi connectivity index (χ4n) is 0.950. The summed E-state index contributed by atoms with van der Waals surface area (Å²) in [5.41, 5.74) is 0.461. The fraction of sp³-hybridized carbons (Fsp3) is 0.429. The first-order valence-electron chi connectivity index (χ1n) is 3.32. The highest BCUT2D eigenvalue weighted by molar-refractivity contribution is 5.96. The Balaban J connectivity index is 2.60. The summed E-state index contributed by atoms with van der Waals surface area (Å²) >= 11 is 0. The van der Waals surface area contributed by atoms with E-state index in [2.05, 4.69) is 11.9 Å². The van der Waals surface area contributed by atoms with Gasteiger partial charge in [-0.05, 0) is 12.8 Å². The second kappa shape index (κ2) is 2.74.